The molecular formula is C24H33Cl. The third-order valence-corrected chi connectivity index (χ3v) is 5.45. The average molecular weight is 357 g/mol. The van der Waals surface area contributed by atoms with Crippen molar-refractivity contribution in [1.82, 2.24) is 0 Å². The lowest BCUT2D eigenvalue weighted by Crippen LogP contribution is -1.99. The summed E-state index contributed by atoms with van der Waals surface area (Å²) >= 11 is 6.72. The highest BCUT2D eigenvalue weighted by atomic mass is 35.5. The maximum atomic E-state index is 6.72. The van der Waals surface area contributed by atoms with Crippen LogP contribution in [0.4, 0.5) is 0 Å². The van der Waals surface area contributed by atoms with Crippen molar-refractivity contribution in [3.05, 3.63) is 57.6 Å². The Kier molecular flexibility index (Phi) is 6.38. The van der Waals surface area contributed by atoms with E-state index in [1.54, 1.807) is 0 Å². The molecule has 1 heteroatoms. The summed E-state index contributed by atoms with van der Waals surface area (Å²) in [7, 11) is 0. The topological polar surface area (TPSA) is 0 Å². The van der Waals surface area contributed by atoms with Crippen LogP contribution in [0, 0.1) is 0 Å². The van der Waals surface area contributed by atoms with Crippen LogP contribution in [0.1, 0.15) is 101 Å². The van der Waals surface area contributed by atoms with Gasteiger partial charge in [-0.05, 0) is 69.2 Å². The van der Waals surface area contributed by atoms with E-state index in [-0.39, 0.29) is 0 Å². The van der Waals surface area contributed by atoms with Crippen LogP contribution in [-0.2, 0) is 0 Å². The summed E-state index contributed by atoms with van der Waals surface area (Å²) in [6.45, 7) is 18.0. The van der Waals surface area contributed by atoms with Crippen LogP contribution in [0.3, 0.4) is 0 Å². The Labute approximate surface area is 159 Å². The van der Waals surface area contributed by atoms with Gasteiger partial charge in [0.2, 0.25) is 0 Å². The van der Waals surface area contributed by atoms with Crippen molar-refractivity contribution in [2.45, 2.75) is 79.1 Å². The number of halogens is 1. The molecule has 2 aromatic rings. The van der Waals surface area contributed by atoms with Crippen molar-refractivity contribution in [3.63, 3.8) is 0 Å². The van der Waals surface area contributed by atoms with Crippen molar-refractivity contribution in [3.8, 4) is 11.1 Å². The first-order chi connectivity index (χ1) is 11.6. The summed E-state index contributed by atoms with van der Waals surface area (Å²) in [6, 6.07) is 11.7. The predicted molar refractivity (Wildman–Crippen MR) is 113 cm³/mol. The van der Waals surface area contributed by atoms with E-state index in [4.69, 9.17) is 11.6 Å². The second kappa shape index (κ2) is 7.96. The standard InChI is InChI=1S/C24H33Cl/c1-14(2)18-9-19(15(3)4)11-20(10-18)21-12-22(16(5)6)24(25)23(13-21)17(7)8/h9-17H,1-8H3. The molecule has 0 heterocycles. The molecule has 0 N–H and O–H groups in total. The van der Waals surface area contributed by atoms with Gasteiger partial charge in [-0.25, -0.2) is 0 Å². The van der Waals surface area contributed by atoms with Gasteiger partial charge in [0.25, 0.3) is 0 Å². The highest BCUT2D eigenvalue weighted by molar-refractivity contribution is 6.32. The fourth-order valence-corrected chi connectivity index (χ4v) is 3.73. The van der Waals surface area contributed by atoms with Gasteiger partial charge in [0, 0.05) is 5.02 Å². The van der Waals surface area contributed by atoms with Gasteiger partial charge in [-0.15, -0.1) is 0 Å². The van der Waals surface area contributed by atoms with E-state index in [1.807, 2.05) is 0 Å². The van der Waals surface area contributed by atoms with Gasteiger partial charge in [0.05, 0.1) is 0 Å². The van der Waals surface area contributed by atoms with Crippen LogP contribution in [0.5, 0.6) is 0 Å². The van der Waals surface area contributed by atoms with Gasteiger partial charge < -0.3 is 0 Å². The van der Waals surface area contributed by atoms with Gasteiger partial charge >= 0.3 is 0 Å². The minimum Gasteiger partial charge on any atom is -0.0837 e. The van der Waals surface area contributed by atoms with Crippen molar-refractivity contribution in [2.24, 2.45) is 0 Å². The Morgan fingerprint density at radius 3 is 1.20 bits per heavy atom. The van der Waals surface area contributed by atoms with E-state index >= 15 is 0 Å². The lowest BCUT2D eigenvalue weighted by atomic mass is 9.87. The minimum atomic E-state index is 0.419. The lowest BCUT2D eigenvalue weighted by Gasteiger charge is -2.20. The molecule has 2 aromatic carbocycles. The first-order valence-corrected chi connectivity index (χ1v) is 9.98. The smallest absolute Gasteiger partial charge is 0.0475 e. The number of benzene rings is 2. The van der Waals surface area contributed by atoms with E-state index in [1.165, 1.54) is 33.4 Å². The highest BCUT2D eigenvalue weighted by Gasteiger charge is 2.16. The minimum absolute atomic E-state index is 0.419. The molecule has 0 saturated heterocycles. The van der Waals surface area contributed by atoms with Gasteiger partial charge in [0.15, 0.2) is 0 Å². The normalized spacial score (nSPS) is 12.0. The van der Waals surface area contributed by atoms with Gasteiger partial charge in [0.1, 0.15) is 0 Å². The molecule has 0 spiro atoms. The van der Waals surface area contributed by atoms with E-state index in [0.29, 0.717) is 23.7 Å². The van der Waals surface area contributed by atoms with Crippen LogP contribution in [0.15, 0.2) is 30.3 Å². The predicted octanol–water partition coefficient (Wildman–Crippen LogP) is 8.50. The van der Waals surface area contributed by atoms with Gasteiger partial charge in [-0.2, -0.15) is 0 Å². The first kappa shape index (κ1) is 20.0. The molecule has 0 aliphatic carbocycles. The molecule has 0 aliphatic heterocycles. The molecular weight excluding hydrogens is 324 g/mol. The highest BCUT2D eigenvalue weighted by Crippen LogP contribution is 2.38. The second-order valence-electron chi connectivity index (χ2n) is 8.48. The van der Waals surface area contributed by atoms with Crippen LogP contribution in [-0.4, -0.2) is 0 Å². The van der Waals surface area contributed by atoms with E-state index in [9.17, 15) is 0 Å². The molecule has 25 heavy (non-hydrogen) atoms. The Bertz CT molecular complexity index is 681. The average Bonchev–Trinajstić information content (AvgIpc) is 2.53. The zero-order chi connectivity index (χ0) is 18.9. The maximum Gasteiger partial charge on any atom is 0.0475 e. The van der Waals surface area contributed by atoms with Crippen LogP contribution < -0.4 is 0 Å². The molecule has 0 aromatic heterocycles. The summed E-state index contributed by atoms with van der Waals surface area (Å²) < 4.78 is 0. The molecule has 0 amide bonds. The molecule has 0 unspecified atom stereocenters. The summed E-state index contributed by atoms with van der Waals surface area (Å²) in [5.41, 5.74) is 7.94. The zero-order valence-electron chi connectivity index (χ0n) is 17.1. The molecule has 2 rings (SSSR count). The number of rotatable bonds is 5. The van der Waals surface area contributed by atoms with Crippen molar-refractivity contribution >= 4 is 11.6 Å². The Balaban J connectivity index is 2.72. The Morgan fingerprint density at radius 1 is 0.520 bits per heavy atom. The van der Waals surface area contributed by atoms with E-state index in [0.717, 1.165) is 5.02 Å². The Morgan fingerprint density at radius 2 is 0.880 bits per heavy atom. The van der Waals surface area contributed by atoms with E-state index in [2.05, 4.69) is 85.7 Å². The van der Waals surface area contributed by atoms with Gasteiger partial charge in [-0.1, -0.05) is 85.2 Å². The molecule has 136 valence electrons. The lowest BCUT2D eigenvalue weighted by molar-refractivity contribution is 0.831. The number of hydrogen-bond donors (Lipinski definition) is 0. The molecule has 0 radical (unpaired) electrons. The molecule has 0 aliphatic rings. The molecule has 0 nitrogen and oxygen atoms in total. The molecule has 0 saturated carbocycles. The zero-order valence-corrected chi connectivity index (χ0v) is 17.8. The van der Waals surface area contributed by atoms with Crippen LogP contribution in [0.2, 0.25) is 5.02 Å². The summed E-state index contributed by atoms with van der Waals surface area (Å²) in [5.74, 6) is 1.89. The summed E-state index contributed by atoms with van der Waals surface area (Å²) in [4.78, 5) is 0. The maximum absolute atomic E-state index is 6.72. The van der Waals surface area contributed by atoms with Gasteiger partial charge in [-0.3, -0.25) is 0 Å². The van der Waals surface area contributed by atoms with Crippen molar-refractivity contribution in [1.29, 1.82) is 0 Å². The number of hydrogen-bond acceptors (Lipinski definition) is 0. The molecule has 0 atom stereocenters. The Hall–Kier alpha value is -1.27. The van der Waals surface area contributed by atoms with Crippen molar-refractivity contribution in [2.75, 3.05) is 0 Å². The van der Waals surface area contributed by atoms with Crippen LogP contribution in [0.25, 0.3) is 11.1 Å². The molecule has 0 fully saturated rings. The first-order valence-electron chi connectivity index (χ1n) is 9.60. The SMILES string of the molecule is CC(C)c1cc(-c2cc(C(C)C)c(Cl)c(C(C)C)c2)cc(C(C)C)c1. The largest absolute Gasteiger partial charge is 0.0837 e. The van der Waals surface area contributed by atoms with E-state index < -0.39 is 0 Å². The quantitative estimate of drug-likeness (QED) is 0.503. The molecule has 0 bridgehead atoms. The third kappa shape index (κ3) is 4.47. The monoisotopic (exact) mass is 356 g/mol. The fourth-order valence-electron chi connectivity index (χ4n) is 3.19. The third-order valence-electron chi connectivity index (χ3n) is 5.02. The van der Waals surface area contributed by atoms with Crippen LogP contribution >= 0.6 is 11.6 Å². The summed E-state index contributed by atoms with van der Waals surface area (Å²) in [6.07, 6.45) is 0. The summed E-state index contributed by atoms with van der Waals surface area (Å²) in [5, 5.41) is 0.942. The fraction of sp³-hybridized carbons (Fsp3) is 0.500. The van der Waals surface area contributed by atoms with Crippen molar-refractivity contribution < 1.29 is 0 Å². The second-order valence-corrected chi connectivity index (χ2v) is 8.85.